The van der Waals surface area contributed by atoms with E-state index in [4.69, 9.17) is 13.9 Å². The third kappa shape index (κ3) is 3.37. The highest BCUT2D eigenvalue weighted by molar-refractivity contribution is 5.89. The second-order valence-corrected chi connectivity index (χ2v) is 5.97. The molecule has 1 atom stereocenters. The Hall–Kier alpha value is -3.35. The summed E-state index contributed by atoms with van der Waals surface area (Å²) in [6, 6.07) is 15.1. The molecule has 0 radical (unpaired) electrons. The second kappa shape index (κ2) is 6.87. The third-order valence-electron chi connectivity index (χ3n) is 4.10. The van der Waals surface area contributed by atoms with Gasteiger partial charge in [0.25, 0.3) is 0 Å². The Morgan fingerprint density at radius 3 is 2.77 bits per heavy atom. The van der Waals surface area contributed by atoms with Gasteiger partial charge >= 0.3 is 11.8 Å². The number of nitrogens with zero attached hydrogens (tertiary/aromatic N) is 2. The van der Waals surface area contributed by atoms with Crippen molar-refractivity contribution in [2.24, 2.45) is 0 Å². The molecule has 1 aliphatic rings. The highest BCUT2D eigenvalue weighted by Crippen LogP contribution is 2.33. The van der Waals surface area contributed by atoms with Gasteiger partial charge in [-0.25, -0.2) is 0 Å². The minimum absolute atomic E-state index is 0.0523. The summed E-state index contributed by atoms with van der Waals surface area (Å²) in [4.78, 5) is 12.3. The molecule has 3 aromatic rings. The minimum Gasteiger partial charge on any atom is -0.454 e. The van der Waals surface area contributed by atoms with Crippen molar-refractivity contribution >= 4 is 5.91 Å². The van der Waals surface area contributed by atoms with E-state index in [2.05, 4.69) is 15.5 Å². The Morgan fingerprint density at radius 2 is 1.92 bits per heavy atom. The fourth-order valence-corrected chi connectivity index (χ4v) is 2.73. The number of hydrogen-bond donors (Lipinski definition) is 1. The number of fused-ring (bicyclic) bond motifs is 1. The number of rotatable bonds is 5. The van der Waals surface area contributed by atoms with Crippen LogP contribution in [0.15, 0.2) is 52.9 Å². The van der Waals surface area contributed by atoms with Gasteiger partial charge in [-0.15, -0.1) is 10.2 Å². The second-order valence-electron chi connectivity index (χ2n) is 5.97. The number of nitrogens with one attached hydrogen (secondary N) is 1. The molecular weight excluding hydrogens is 334 g/mol. The van der Waals surface area contributed by atoms with Gasteiger partial charge in [-0.05, 0) is 30.2 Å². The van der Waals surface area contributed by atoms with Crippen LogP contribution < -0.4 is 14.8 Å². The molecule has 132 valence electrons. The zero-order valence-electron chi connectivity index (χ0n) is 14.1. The van der Waals surface area contributed by atoms with Crippen LogP contribution in [0.5, 0.6) is 11.5 Å². The van der Waals surface area contributed by atoms with Gasteiger partial charge in [-0.2, -0.15) is 0 Å². The number of carbonyl (C=O) groups excluding carboxylic acids is 1. The molecule has 1 amide bonds. The lowest BCUT2D eigenvalue weighted by Crippen LogP contribution is -2.26. The van der Waals surface area contributed by atoms with Gasteiger partial charge in [0, 0.05) is 0 Å². The van der Waals surface area contributed by atoms with Crippen LogP contribution in [0.2, 0.25) is 0 Å². The van der Waals surface area contributed by atoms with Crippen LogP contribution in [-0.2, 0) is 6.42 Å². The predicted octanol–water partition coefficient (Wildman–Crippen LogP) is 2.88. The molecule has 0 spiro atoms. The fourth-order valence-electron chi connectivity index (χ4n) is 2.73. The molecular formula is C19H17N3O4. The molecule has 0 saturated heterocycles. The molecule has 1 N–H and O–H groups in total. The largest absolute Gasteiger partial charge is 0.454 e. The molecule has 7 nitrogen and oxygen atoms in total. The summed E-state index contributed by atoms with van der Waals surface area (Å²) < 4.78 is 16.1. The lowest BCUT2D eigenvalue weighted by atomic mass is 10.1. The van der Waals surface area contributed by atoms with E-state index in [0.29, 0.717) is 23.8 Å². The predicted molar refractivity (Wildman–Crippen MR) is 92.0 cm³/mol. The molecule has 7 heteroatoms. The number of benzene rings is 2. The summed E-state index contributed by atoms with van der Waals surface area (Å²) in [5.41, 5.74) is 1.93. The van der Waals surface area contributed by atoms with Gasteiger partial charge in [-0.3, -0.25) is 4.79 Å². The summed E-state index contributed by atoms with van der Waals surface area (Å²) in [5, 5.41) is 10.7. The van der Waals surface area contributed by atoms with Gasteiger partial charge < -0.3 is 19.2 Å². The van der Waals surface area contributed by atoms with Crippen molar-refractivity contribution < 1.29 is 18.7 Å². The summed E-state index contributed by atoms with van der Waals surface area (Å²) in [6.07, 6.45) is 0.408. The van der Waals surface area contributed by atoms with Crippen molar-refractivity contribution in [2.45, 2.75) is 19.4 Å². The quantitative estimate of drug-likeness (QED) is 0.761. The molecule has 0 fully saturated rings. The van der Waals surface area contributed by atoms with Gasteiger partial charge in [0.15, 0.2) is 11.5 Å². The Balaban J connectivity index is 1.42. The van der Waals surface area contributed by atoms with E-state index in [1.54, 1.807) is 0 Å². The van der Waals surface area contributed by atoms with Crippen molar-refractivity contribution in [1.29, 1.82) is 0 Å². The van der Waals surface area contributed by atoms with Crippen molar-refractivity contribution in [3.05, 3.63) is 71.4 Å². The van der Waals surface area contributed by atoms with Gasteiger partial charge in [0.1, 0.15) is 0 Å². The van der Waals surface area contributed by atoms with Crippen LogP contribution in [0.1, 0.15) is 40.7 Å². The normalized spacial score (nSPS) is 13.4. The van der Waals surface area contributed by atoms with E-state index in [1.807, 2.05) is 55.5 Å². The first kappa shape index (κ1) is 16.1. The summed E-state index contributed by atoms with van der Waals surface area (Å²) >= 11 is 0. The lowest BCUT2D eigenvalue weighted by molar-refractivity contribution is 0.0903. The number of amides is 1. The Kier molecular flexibility index (Phi) is 4.27. The molecule has 0 saturated carbocycles. The highest BCUT2D eigenvalue weighted by Gasteiger charge is 2.19. The van der Waals surface area contributed by atoms with Crippen molar-refractivity contribution in [3.8, 4) is 11.5 Å². The number of aromatic nitrogens is 2. The molecule has 1 aromatic heterocycles. The Bertz CT molecular complexity index is 924. The zero-order chi connectivity index (χ0) is 17.9. The minimum atomic E-state index is -0.397. The molecule has 2 aromatic carbocycles. The molecule has 0 unspecified atom stereocenters. The Morgan fingerprint density at radius 1 is 1.12 bits per heavy atom. The molecule has 0 aliphatic carbocycles. The summed E-state index contributed by atoms with van der Waals surface area (Å²) in [7, 11) is 0. The third-order valence-corrected chi connectivity index (χ3v) is 4.10. The molecule has 4 rings (SSSR count). The molecule has 1 aliphatic heterocycles. The van der Waals surface area contributed by atoms with Gasteiger partial charge in [-0.1, -0.05) is 36.4 Å². The van der Waals surface area contributed by atoms with Crippen molar-refractivity contribution in [3.63, 3.8) is 0 Å². The van der Waals surface area contributed by atoms with Crippen LogP contribution in [0, 0.1) is 0 Å². The Labute approximate surface area is 150 Å². The first-order valence-corrected chi connectivity index (χ1v) is 8.26. The van der Waals surface area contributed by atoms with Crippen LogP contribution in [0.4, 0.5) is 0 Å². The molecule has 0 bridgehead atoms. The van der Waals surface area contributed by atoms with E-state index in [0.717, 1.165) is 11.1 Å². The zero-order valence-corrected chi connectivity index (χ0v) is 14.1. The first-order chi connectivity index (χ1) is 12.7. The maximum atomic E-state index is 12.3. The van der Waals surface area contributed by atoms with Gasteiger partial charge in [0.05, 0.1) is 12.5 Å². The maximum absolute atomic E-state index is 12.3. The first-order valence-electron chi connectivity index (χ1n) is 8.26. The summed E-state index contributed by atoms with van der Waals surface area (Å²) in [5.74, 6) is 1.32. The number of carbonyl (C=O) groups is 1. The van der Waals surface area contributed by atoms with Crippen LogP contribution in [0.25, 0.3) is 0 Å². The standard InChI is InChI=1S/C19H17N3O4/c1-12(14-5-3-2-4-6-14)20-18(23)19-22-21-17(26-19)10-13-7-8-15-16(9-13)25-11-24-15/h2-9,12H,10-11H2,1H3,(H,20,23)/t12-/m1/s1. The topological polar surface area (TPSA) is 86.5 Å². The highest BCUT2D eigenvalue weighted by atomic mass is 16.7. The van der Waals surface area contributed by atoms with E-state index in [1.165, 1.54) is 0 Å². The SMILES string of the molecule is C[C@@H](NC(=O)c1nnc(Cc2ccc3c(c2)OCO3)o1)c1ccccc1. The molecule has 2 heterocycles. The van der Waals surface area contributed by atoms with E-state index >= 15 is 0 Å². The number of ether oxygens (including phenoxy) is 2. The van der Waals surface area contributed by atoms with Gasteiger partial charge in [0.2, 0.25) is 12.7 Å². The molecule has 26 heavy (non-hydrogen) atoms. The maximum Gasteiger partial charge on any atom is 0.309 e. The summed E-state index contributed by atoms with van der Waals surface area (Å²) in [6.45, 7) is 2.13. The van der Waals surface area contributed by atoms with Crippen LogP contribution in [0.3, 0.4) is 0 Å². The van der Waals surface area contributed by atoms with E-state index < -0.39 is 5.91 Å². The average Bonchev–Trinajstić information content (AvgIpc) is 3.31. The lowest BCUT2D eigenvalue weighted by Gasteiger charge is -2.12. The number of hydrogen-bond acceptors (Lipinski definition) is 6. The van der Waals surface area contributed by atoms with Crippen LogP contribution in [-0.4, -0.2) is 22.9 Å². The monoisotopic (exact) mass is 351 g/mol. The van der Waals surface area contributed by atoms with Crippen molar-refractivity contribution in [1.82, 2.24) is 15.5 Å². The average molecular weight is 351 g/mol. The van der Waals surface area contributed by atoms with Crippen molar-refractivity contribution in [2.75, 3.05) is 6.79 Å². The fraction of sp³-hybridized carbons (Fsp3) is 0.211. The van der Waals surface area contributed by atoms with E-state index in [-0.39, 0.29) is 18.7 Å². The van der Waals surface area contributed by atoms with E-state index in [9.17, 15) is 4.79 Å². The van der Waals surface area contributed by atoms with Crippen LogP contribution >= 0.6 is 0 Å². The smallest absolute Gasteiger partial charge is 0.309 e.